The number of hydrogen-bond donors (Lipinski definition) is 3. The molecule has 1 aromatic rings. The third-order valence-corrected chi connectivity index (χ3v) is 1.94. The van der Waals surface area contributed by atoms with Gasteiger partial charge in [-0.25, -0.2) is 4.79 Å². The van der Waals surface area contributed by atoms with Crippen molar-refractivity contribution in [2.45, 2.75) is 12.1 Å². The lowest BCUT2D eigenvalue weighted by atomic mass is 10.1. The van der Waals surface area contributed by atoms with Crippen molar-refractivity contribution in [3.63, 3.8) is 0 Å². The number of hydrogen-bond acceptors (Lipinski definition) is 4. The molecule has 0 radical (unpaired) electrons. The van der Waals surface area contributed by atoms with Crippen LogP contribution in [0, 0.1) is 0 Å². The number of aliphatic carboxylic acids is 1. The molecule has 2 atom stereocenters. The molecule has 0 fully saturated rings. The Morgan fingerprint density at radius 3 is 2.62 bits per heavy atom. The highest BCUT2D eigenvalue weighted by atomic mass is 79.9. The molecule has 1 rings (SSSR count). The standard InChI is InChI=1S/C7H8BrNO4/c8-4-2-1-3(13-4)5(9)6(10)7(11)12/h1-2,5-6,10H,9H2,(H,11,12)/t5-,6+/m1/s1. The predicted octanol–water partition coefficient (Wildman–Crippen LogP) is 0.487. The van der Waals surface area contributed by atoms with E-state index < -0.39 is 18.1 Å². The van der Waals surface area contributed by atoms with Crippen LogP contribution in [0.5, 0.6) is 0 Å². The van der Waals surface area contributed by atoms with Crippen LogP contribution in [0.2, 0.25) is 0 Å². The Kier molecular flexibility index (Phi) is 3.07. The van der Waals surface area contributed by atoms with Crippen molar-refractivity contribution in [3.05, 3.63) is 22.6 Å². The van der Waals surface area contributed by atoms with E-state index in [4.69, 9.17) is 20.4 Å². The lowest BCUT2D eigenvalue weighted by molar-refractivity contribution is -0.148. The molecule has 0 saturated carbocycles. The van der Waals surface area contributed by atoms with Crippen molar-refractivity contribution in [2.24, 2.45) is 5.73 Å². The van der Waals surface area contributed by atoms with Crippen molar-refractivity contribution < 1.29 is 19.4 Å². The first-order chi connectivity index (χ1) is 6.02. The Morgan fingerprint density at radius 2 is 2.23 bits per heavy atom. The first kappa shape index (κ1) is 10.2. The summed E-state index contributed by atoms with van der Waals surface area (Å²) >= 11 is 3.04. The number of halogens is 1. The second kappa shape index (κ2) is 3.91. The smallest absolute Gasteiger partial charge is 0.334 e. The minimum Gasteiger partial charge on any atom is -0.479 e. The zero-order chi connectivity index (χ0) is 10.0. The summed E-state index contributed by atoms with van der Waals surface area (Å²) in [5, 5.41) is 17.5. The molecule has 0 aromatic carbocycles. The average Bonchev–Trinajstić information content (AvgIpc) is 2.49. The monoisotopic (exact) mass is 249 g/mol. The van der Waals surface area contributed by atoms with Crippen LogP contribution >= 0.6 is 15.9 Å². The number of nitrogens with two attached hydrogens (primary N) is 1. The third kappa shape index (κ3) is 2.30. The van der Waals surface area contributed by atoms with Crippen LogP contribution in [-0.2, 0) is 4.79 Å². The van der Waals surface area contributed by atoms with Crippen LogP contribution in [0.25, 0.3) is 0 Å². The fourth-order valence-corrected chi connectivity index (χ4v) is 1.14. The lowest BCUT2D eigenvalue weighted by Crippen LogP contribution is -2.32. The topological polar surface area (TPSA) is 96.7 Å². The van der Waals surface area contributed by atoms with Crippen molar-refractivity contribution in [3.8, 4) is 0 Å². The maximum absolute atomic E-state index is 10.3. The van der Waals surface area contributed by atoms with Crippen molar-refractivity contribution in [1.82, 2.24) is 0 Å². The lowest BCUT2D eigenvalue weighted by Gasteiger charge is -2.11. The number of carboxylic acid groups (broad SMARTS) is 1. The summed E-state index contributed by atoms with van der Waals surface area (Å²) in [6.45, 7) is 0. The summed E-state index contributed by atoms with van der Waals surface area (Å²) in [5.74, 6) is -1.15. The zero-order valence-electron chi connectivity index (χ0n) is 6.48. The summed E-state index contributed by atoms with van der Waals surface area (Å²) in [6.07, 6.45) is -1.65. The van der Waals surface area contributed by atoms with Gasteiger partial charge in [0.25, 0.3) is 0 Å². The molecular formula is C7H8BrNO4. The first-order valence-electron chi connectivity index (χ1n) is 3.44. The van der Waals surface area contributed by atoms with Gasteiger partial charge < -0.3 is 20.4 Å². The average molecular weight is 250 g/mol. The van der Waals surface area contributed by atoms with Crippen LogP contribution in [0.1, 0.15) is 11.8 Å². The highest BCUT2D eigenvalue weighted by Crippen LogP contribution is 2.21. The van der Waals surface area contributed by atoms with Gasteiger partial charge in [-0.15, -0.1) is 0 Å². The molecule has 0 aliphatic carbocycles. The van der Waals surface area contributed by atoms with Gasteiger partial charge in [-0.1, -0.05) is 0 Å². The molecule has 4 N–H and O–H groups in total. The molecule has 6 heteroatoms. The Labute approximate surface area is 82.3 Å². The highest BCUT2D eigenvalue weighted by Gasteiger charge is 2.25. The summed E-state index contributed by atoms with van der Waals surface area (Å²) < 4.78 is 5.43. The Balaban J connectivity index is 2.78. The van der Waals surface area contributed by atoms with Gasteiger partial charge in [0, 0.05) is 0 Å². The molecule has 0 bridgehead atoms. The van der Waals surface area contributed by atoms with Gasteiger partial charge in [-0.05, 0) is 28.1 Å². The number of carboxylic acids is 1. The molecule has 1 aromatic heterocycles. The summed E-state index contributed by atoms with van der Waals surface area (Å²) in [7, 11) is 0. The second-order valence-electron chi connectivity index (χ2n) is 2.45. The van der Waals surface area contributed by atoms with Gasteiger partial charge in [0.2, 0.25) is 0 Å². The molecule has 1 heterocycles. The number of rotatable bonds is 3. The normalized spacial score (nSPS) is 15.3. The predicted molar refractivity (Wildman–Crippen MR) is 47.0 cm³/mol. The van der Waals surface area contributed by atoms with Crippen molar-refractivity contribution >= 4 is 21.9 Å². The first-order valence-corrected chi connectivity index (χ1v) is 4.23. The van der Waals surface area contributed by atoms with E-state index in [0.717, 1.165) is 0 Å². The van der Waals surface area contributed by atoms with Gasteiger partial charge in [-0.3, -0.25) is 0 Å². The number of furan rings is 1. The molecule has 0 aliphatic rings. The van der Waals surface area contributed by atoms with Crippen LogP contribution < -0.4 is 5.73 Å². The number of aliphatic hydroxyl groups is 1. The zero-order valence-corrected chi connectivity index (χ0v) is 8.06. The molecule has 0 unspecified atom stereocenters. The van der Waals surface area contributed by atoms with Crippen LogP contribution in [0.15, 0.2) is 21.2 Å². The van der Waals surface area contributed by atoms with E-state index >= 15 is 0 Å². The van der Waals surface area contributed by atoms with Crippen molar-refractivity contribution in [1.29, 1.82) is 0 Å². The fourth-order valence-electron chi connectivity index (χ4n) is 0.817. The largest absolute Gasteiger partial charge is 0.479 e. The third-order valence-electron chi connectivity index (χ3n) is 1.52. The Morgan fingerprint density at radius 1 is 1.62 bits per heavy atom. The van der Waals surface area contributed by atoms with Crippen LogP contribution in [0.3, 0.4) is 0 Å². The van der Waals surface area contributed by atoms with E-state index in [1.165, 1.54) is 6.07 Å². The quantitative estimate of drug-likeness (QED) is 0.725. The van der Waals surface area contributed by atoms with E-state index in [2.05, 4.69) is 15.9 Å². The van der Waals surface area contributed by atoms with Gasteiger partial charge in [0.15, 0.2) is 10.8 Å². The minimum absolute atomic E-state index is 0.224. The van der Waals surface area contributed by atoms with Gasteiger partial charge >= 0.3 is 5.97 Å². The fraction of sp³-hybridized carbons (Fsp3) is 0.286. The van der Waals surface area contributed by atoms with E-state index in [0.29, 0.717) is 4.67 Å². The molecule has 5 nitrogen and oxygen atoms in total. The molecule has 13 heavy (non-hydrogen) atoms. The van der Waals surface area contributed by atoms with Crippen molar-refractivity contribution in [2.75, 3.05) is 0 Å². The Bertz CT molecular complexity index is 311. The molecule has 0 amide bonds. The molecule has 0 aliphatic heterocycles. The number of aliphatic hydroxyl groups excluding tert-OH is 1. The molecule has 0 saturated heterocycles. The summed E-state index contributed by atoms with van der Waals surface area (Å²) in [4.78, 5) is 10.3. The maximum atomic E-state index is 10.3. The summed E-state index contributed by atoms with van der Waals surface area (Å²) in [6, 6.07) is 2.02. The number of carbonyl (C=O) groups is 1. The van der Waals surface area contributed by atoms with Crippen LogP contribution in [-0.4, -0.2) is 22.3 Å². The molecule has 72 valence electrons. The van der Waals surface area contributed by atoms with Crippen LogP contribution in [0.4, 0.5) is 0 Å². The minimum atomic E-state index is -1.65. The Hall–Kier alpha value is -0.850. The van der Waals surface area contributed by atoms with E-state index in [-0.39, 0.29) is 5.76 Å². The van der Waals surface area contributed by atoms with E-state index in [9.17, 15) is 4.79 Å². The maximum Gasteiger partial charge on any atom is 0.334 e. The van der Waals surface area contributed by atoms with E-state index in [1.54, 1.807) is 6.07 Å². The van der Waals surface area contributed by atoms with Gasteiger partial charge in [0.05, 0.1) is 0 Å². The molecule has 0 spiro atoms. The van der Waals surface area contributed by atoms with Gasteiger partial charge in [0.1, 0.15) is 11.8 Å². The summed E-state index contributed by atoms with van der Waals surface area (Å²) in [5.41, 5.74) is 5.41. The molecular weight excluding hydrogens is 242 g/mol. The van der Waals surface area contributed by atoms with Gasteiger partial charge in [-0.2, -0.15) is 0 Å². The van der Waals surface area contributed by atoms with E-state index in [1.807, 2.05) is 0 Å². The SMILES string of the molecule is N[C@H](c1ccc(Br)o1)[C@H](O)C(=O)O. The highest BCUT2D eigenvalue weighted by molar-refractivity contribution is 9.10. The second-order valence-corrected chi connectivity index (χ2v) is 3.23.